The van der Waals surface area contributed by atoms with E-state index >= 15 is 0 Å². The summed E-state index contributed by atoms with van der Waals surface area (Å²) < 4.78 is 12.0. The summed E-state index contributed by atoms with van der Waals surface area (Å²) in [7, 11) is 0. The molecule has 1 aliphatic rings. The SMILES string of the molecule is CC(Oc1cccc(Br)c1)C(=O)NCC1CCCO1. The zero-order valence-corrected chi connectivity index (χ0v) is 12.5. The van der Waals surface area contributed by atoms with E-state index in [1.54, 1.807) is 6.92 Å². The lowest BCUT2D eigenvalue weighted by molar-refractivity contribution is -0.127. The molecule has 0 aliphatic carbocycles. The van der Waals surface area contributed by atoms with Crippen molar-refractivity contribution in [1.29, 1.82) is 0 Å². The highest BCUT2D eigenvalue weighted by Gasteiger charge is 2.19. The van der Waals surface area contributed by atoms with Crippen molar-refractivity contribution in [2.24, 2.45) is 0 Å². The lowest BCUT2D eigenvalue weighted by Gasteiger charge is -2.16. The Morgan fingerprint density at radius 3 is 3.16 bits per heavy atom. The molecule has 5 heteroatoms. The van der Waals surface area contributed by atoms with Gasteiger partial charge in [0.1, 0.15) is 5.75 Å². The summed E-state index contributed by atoms with van der Waals surface area (Å²) >= 11 is 3.37. The van der Waals surface area contributed by atoms with Crippen molar-refractivity contribution in [2.75, 3.05) is 13.2 Å². The topological polar surface area (TPSA) is 47.6 Å². The lowest BCUT2D eigenvalue weighted by Crippen LogP contribution is -2.40. The molecule has 1 aliphatic heterocycles. The van der Waals surface area contributed by atoms with Gasteiger partial charge in [-0.25, -0.2) is 0 Å². The summed E-state index contributed by atoms with van der Waals surface area (Å²) in [5, 5.41) is 2.86. The molecular formula is C14H18BrNO3. The highest BCUT2D eigenvalue weighted by atomic mass is 79.9. The Morgan fingerprint density at radius 2 is 2.47 bits per heavy atom. The summed E-state index contributed by atoms with van der Waals surface area (Å²) in [5.41, 5.74) is 0. The molecule has 0 bridgehead atoms. The first kappa shape index (κ1) is 14.3. The van der Waals surface area contributed by atoms with E-state index in [1.807, 2.05) is 24.3 Å². The molecule has 2 atom stereocenters. The number of hydrogen-bond acceptors (Lipinski definition) is 3. The molecule has 1 aromatic carbocycles. The third-order valence-electron chi connectivity index (χ3n) is 3.01. The molecule has 4 nitrogen and oxygen atoms in total. The quantitative estimate of drug-likeness (QED) is 0.903. The van der Waals surface area contributed by atoms with Crippen LogP contribution in [0.15, 0.2) is 28.7 Å². The predicted molar refractivity (Wildman–Crippen MR) is 76.2 cm³/mol. The molecule has 2 rings (SSSR count). The average molecular weight is 328 g/mol. The van der Waals surface area contributed by atoms with Crippen molar-refractivity contribution >= 4 is 21.8 Å². The van der Waals surface area contributed by atoms with Crippen molar-refractivity contribution in [2.45, 2.75) is 32.0 Å². The fraction of sp³-hybridized carbons (Fsp3) is 0.500. The molecule has 19 heavy (non-hydrogen) atoms. The number of hydrogen-bond donors (Lipinski definition) is 1. The van der Waals surface area contributed by atoms with Crippen LogP contribution in [0.5, 0.6) is 5.75 Å². The van der Waals surface area contributed by atoms with Crippen LogP contribution in [-0.4, -0.2) is 31.3 Å². The summed E-state index contributed by atoms with van der Waals surface area (Å²) in [5.74, 6) is 0.560. The molecule has 1 heterocycles. The van der Waals surface area contributed by atoms with Gasteiger partial charge in [0.25, 0.3) is 5.91 Å². The van der Waals surface area contributed by atoms with Gasteiger partial charge >= 0.3 is 0 Å². The van der Waals surface area contributed by atoms with Crippen LogP contribution >= 0.6 is 15.9 Å². The van der Waals surface area contributed by atoms with Crippen molar-refractivity contribution in [3.63, 3.8) is 0 Å². The third kappa shape index (κ3) is 4.51. The van der Waals surface area contributed by atoms with Crippen LogP contribution in [0.1, 0.15) is 19.8 Å². The minimum Gasteiger partial charge on any atom is -0.481 e. The Bertz CT molecular complexity index is 432. The fourth-order valence-corrected chi connectivity index (χ4v) is 2.34. The molecule has 0 saturated carbocycles. The van der Waals surface area contributed by atoms with Gasteiger partial charge in [0.15, 0.2) is 6.10 Å². The van der Waals surface area contributed by atoms with Gasteiger partial charge in [-0.2, -0.15) is 0 Å². The van der Waals surface area contributed by atoms with E-state index in [9.17, 15) is 4.79 Å². The Hall–Kier alpha value is -1.07. The predicted octanol–water partition coefficient (Wildman–Crippen LogP) is 2.51. The number of benzene rings is 1. The first-order valence-electron chi connectivity index (χ1n) is 6.46. The van der Waals surface area contributed by atoms with Crippen molar-refractivity contribution in [3.8, 4) is 5.75 Å². The minimum absolute atomic E-state index is 0.115. The summed E-state index contributed by atoms with van der Waals surface area (Å²) in [6, 6.07) is 7.45. The van der Waals surface area contributed by atoms with Crippen LogP contribution in [0, 0.1) is 0 Å². The van der Waals surface area contributed by atoms with Gasteiger partial charge in [-0.3, -0.25) is 4.79 Å². The molecule has 0 radical (unpaired) electrons. The zero-order valence-electron chi connectivity index (χ0n) is 10.9. The molecule has 1 fully saturated rings. The van der Waals surface area contributed by atoms with E-state index in [0.717, 1.165) is 23.9 Å². The minimum atomic E-state index is -0.518. The summed E-state index contributed by atoms with van der Waals surface area (Å²) in [6.45, 7) is 3.10. The lowest BCUT2D eigenvalue weighted by atomic mass is 10.2. The standard InChI is InChI=1S/C14H18BrNO3/c1-10(19-12-5-2-4-11(15)8-12)14(17)16-9-13-6-3-7-18-13/h2,4-5,8,10,13H,3,6-7,9H2,1H3,(H,16,17). The van der Waals surface area contributed by atoms with Gasteiger partial charge in [0.05, 0.1) is 6.10 Å². The molecule has 1 amide bonds. The van der Waals surface area contributed by atoms with Crippen LogP contribution < -0.4 is 10.1 Å². The Balaban J connectivity index is 1.78. The van der Waals surface area contributed by atoms with E-state index in [2.05, 4.69) is 21.2 Å². The van der Waals surface area contributed by atoms with E-state index in [1.165, 1.54) is 0 Å². The Kier molecular flexibility index (Phi) is 5.22. The van der Waals surface area contributed by atoms with Gasteiger partial charge in [-0.15, -0.1) is 0 Å². The van der Waals surface area contributed by atoms with Crippen molar-refractivity contribution < 1.29 is 14.3 Å². The van der Waals surface area contributed by atoms with Gasteiger partial charge in [0.2, 0.25) is 0 Å². The summed E-state index contributed by atoms with van der Waals surface area (Å²) in [4.78, 5) is 11.9. The Labute approximate surface area is 121 Å². The van der Waals surface area contributed by atoms with Gasteiger partial charge in [-0.05, 0) is 38.0 Å². The van der Waals surface area contributed by atoms with Crippen LogP contribution in [0.4, 0.5) is 0 Å². The van der Waals surface area contributed by atoms with Crippen LogP contribution in [0.3, 0.4) is 0 Å². The number of amides is 1. The fourth-order valence-electron chi connectivity index (χ4n) is 1.96. The molecule has 104 valence electrons. The van der Waals surface area contributed by atoms with Crippen LogP contribution in [0.2, 0.25) is 0 Å². The number of carbonyl (C=O) groups is 1. The summed E-state index contributed by atoms with van der Waals surface area (Å²) in [6.07, 6.45) is 1.73. The van der Waals surface area contributed by atoms with Crippen molar-refractivity contribution in [1.82, 2.24) is 5.32 Å². The average Bonchev–Trinajstić information content (AvgIpc) is 2.89. The number of carbonyl (C=O) groups excluding carboxylic acids is 1. The van der Waals surface area contributed by atoms with Crippen LogP contribution in [0.25, 0.3) is 0 Å². The number of rotatable bonds is 5. The Morgan fingerprint density at radius 1 is 1.63 bits per heavy atom. The van der Waals surface area contributed by atoms with E-state index < -0.39 is 6.10 Å². The molecule has 1 saturated heterocycles. The molecule has 1 N–H and O–H groups in total. The van der Waals surface area contributed by atoms with Gasteiger partial charge in [0, 0.05) is 17.6 Å². The third-order valence-corrected chi connectivity index (χ3v) is 3.50. The molecular weight excluding hydrogens is 310 g/mol. The first-order chi connectivity index (χ1) is 9.15. The zero-order chi connectivity index (χ0) is 13.7. The second kappa shape index (κ2) is 6.91. The maximum atomic E-state index is 11.9. The molecule has 2 unspecified atom stereocenters. The number of halogens is 1. The monoisotopic (exact) mass is 327 g/mol. The van der Waals surface area contributed by atoms with E-state index in [4.69, 9.17) is 9.47 Å². The number of nitrogens with one attached hydrogen (secondary N) is 1. The van der Waals surface area contributed by atoms with E-state index in [-0.39, 0.29) is 12.0 Å². The van der Waals surface area contributed by atoms with Gasteiger partial charge in [-0.1, -0.05) is 22.0 Å². The molecule has 0 aromatic heterocycles. The maximum Gasteiger partial charge on any atom is 0.260 e. The number of ether oxygens (including phenoxy) is 2. The molecule has 0 spiro atoms. The first-order valence-corrected chi connectivity index (χ1v) is 7.26. The van der Waals surface area contributed by atoms with E-state index in [0.29, 0.717) is 12.3 Å². The smallest absolute Gasteiger partial charge is 0.260 e. The van der Waals surface area contributed by atoms with Crippen molar-refractivity contribution in [3.05, 3.63) is 28.7 Å². The van der Waals surface area contributed by atoms with Crippen LogP contribution in [-0.2, 0) is 9.53 Å². The second-order valence-corrected chi connectivity index (χ2v) is 5.51. The normalized spacial score (nSPS) is 20.0. The highest BCUT2D eigenvalue weighted by molar-refractivity contribution is 9.10. The molecule has 1 aromatic rings. The second-order valence-electron chi connectivity index (χ2n) is 4.60. The van der Waals surface area contributed by atoms with Gasteiger partial charge < -0.3 is 14.8 Å². The maximum absolute atomic E-state index is 11.9. The highest BCUT2D eigenvalue weighted by Crippen LogP contribution is 2.19. The largest absolute Gasteiger partial charge is 0.481 e.